The number of amides is 2. The third-order valence-corrected chi connectivity index (χ3v) is 3.31. The third kappa shape index (κ3) is 5.95. The number of hydrogen-bond acceptors (Lipinski definition) is 3. The van der Waals surface area contributed by atoms with Gasteiger partial charge in [0, 0.05) is 16.8 Å². The van der Waals surface area contributed by atoms with Crippen LogP contribution in [0.15, 0.2) is 54.6 Å². The summed E-state index contributed by atoms with van der Waals surface area (Å²) < 4.78 is 5.60. The first-order valence-electron chi connectivity index (χ1n) is 8.20. The first-order valence-corrected chi connectivity index (χ1v) is 8.20. The van der Waals surface area contributed by atoms with E-state index in [1.165, 1.54) is 0 Å². The maximum absolute atomic E-state index is 12.3. The van der Waals surface area contributed by atoms with E-state index < -0.39 is 6.10 Å². The SMILES string of the molecule is CC(Oc1ccccc1)C(=O)Nc1cccc(C(=O)NC(C)(C)C)c1. The molecule has 0 aliphatic carbocycles. The van der Waals surface area contributed by atoms with Crippen LogP contribution in [0, 0.1) is 0 Å². The fourth-order valence-electron chi connectivity index (χ4n) is 2.15. The van der Waals surface area contributed by atoms with E-state index >= 15 is 0 Å². The summed E-state index contributed by atoms with van der Waals surface area (Å²) in [6.07, 6.45) is -0.658. The summed E-state index contributed by atoms with van der Waals surface area (Å²) in [7, 11) is 0. The Morgan fingerprint density at radius 3 is 2.32 bits per heavy atom. The van der Waals surface area contributed by atoms with Gasteiger partial charge in [0.05, 0.1) is 0 Å². The fraction of sp³-hybridized carbons (Fsp3) is 0.300. The molecular formula is C20H24N2O3. The molecule has 132 valence electrons. The Bertz CT molecular complexity index is 736. The number of anilines is 1. The summed E-state index contributed by atoms with van der Waals surface area (Å²) in [5, 5.41) is 5.67. The van der Waals surface area contributed by atoms with Crippen molar-refractivity contribution in [2.24, 2.45) is 0 Å². The van der Waals surface area contributed by atoms with Crippen LogP contribution < -0.4 is 15.4 Å². The zero-order valence-electron chi connectivity index (χ0n) is 15.0. The first-order chi connectivity index (χ1) is 11.7. The highest BCUT2D eigenvalue weighted by atomic mass is 16.5. The highest BCUT2D eigenvalue weighted by Crippen LogP contribution is 2.15. The average molecular weight is 340 g/mol. The van der Waals surface area contributed by atoms with Crippen molar-refractivity contribution in [3.63, 3.8) is 0 Å². The van der Waals surface area contributed by atoms with Crippen molar-refractivity contribution in [1.82, 2.24) is 5.32 Å². The van der Waals surface area contributed by atoms with E-state index in [1.54, 1.807) is 43.3 Å². The maximum Gasteiger partial charge on any atom is 0.265 e. The van der Waals surface area contributed by atoms with E-state index in [0.717, 1.165) is 0 Å². The van der Waals surface area contributed by atoms with Crippen molar-refractivity contribution in [2.75, 3.05) is 5.32 Å². The molecule has 0 spiro atoms. The van der Waals surface area contributed by atoms with Gasteiger partial charge in [-0.25, -0.2) is 0 Å². The Morgan fingerprint density at radius 1 is 1.00 bits per heavy atom. The summed E-state index contributed by atoms with van der Waals surface area (Å²) in [4.78, 5) is 24.5. The molecule has 0 bridgehead atoms. The van der Waals surface area contributed by atoms with Gasteiger partial charge in [0.15, 0.2) is 6.10 Å². The van der Waals surface area contributed by atoms with Gasteiger partial charge < -0.3 is 15.4 Å². The van der Waals surface area contributed by atoms with Crippen LogP contribution in [0.5, 0.6) is 5.75 Å². The van der Waals surface area contributed by atoms with Crippen molar-refractivity contribution >= 4 is 17.5 Å². The van der Waals surface area contributed by atoms with Gasteiger partial charge >= 0.3 is 0 Å². The Hall–Kier alpha value is -2.82. The number of hydrogen-bond donors (Lipinski definition) is 2. The van der Waals surface area contributed by atoms with Gasteiger partial charge in [0.2, 0.25) is 0 Å². The topological polar surface area (TPSA) is 67.4 Å². The molecule has 0 aliphatic rings. The molecule has 1 atom stereocenters. The second-order valence-electron chi connectivity index (χ2n) is 6.85. The predicted octanol–water partition coefficient (Wildman–Crippen LogP) is 3.62. The van der Waals surface area contributed by atoms with E-state index in [2.05, 4.69) is 10.6 Å². The Kier molecular flexibility index (Phi) is 5.80. The van der Waals surface area contributed by atoms with Crippen LogP contribution in [-0.2, 0) is 4.79 Å². The van der Waals surface area contributed by atoms with Crippen molar-refractivity contribution in [1.29, 1.82) is 0 Å². The number of benzene rings is 2. The summed E-state index contributed by atoms with van der Waals surface area (Å²) in [5.74, 6) is 0.165. The second kappa shape index (κ2) is 7.83. The minimum Gasteiger partial charge on any atom is -0.481 e. The zero-order chi connectivity index (χ0) is 18.4. The molecule has 2 aromatic rings. The summed E-state index contributed by atoms with van der Waals surface area (Å²) >= 11 is 0. The molecule has 0 aliphatic heterocycles. The van der Waals surface area contributed by atoms with Gasteiger partial charge in [-0.05, 0) is 58.0 Å². The minimum absolute atomic E-state index is 0.183. The normalized spacial score (nSPS) is 12.2. The summed E-state index contributed by atoms with van der Waals surface area (Å²) in [6, 6.07) is 16.0. The van der Waals surface area contributed by atoms with Crippen molar-refractivity contribution < 1.29 is 14.3 Å². The van der Waals surface area contributed by atoms with Gasteiger partial charge in [0.25, 0.3) is 11.8 Å². The van der Waals surface area contributed by atoms with Gasteiger partial charge in [-0.3, -0.25) is 9.59 Å². The Labute approximate surface area is 148 Å². The molecule has 25 heavy (non-hydrogen) atoms. The number of para-hydroxylation sites is 1. The molecule has 2 N–H and O–H groups in total. The van der Waals surface area contributed by atoms with Crippen LogP contribution in [0.1, 0.15) is 38.1 Å². The standard InChI is InChI=1S/C20H24N2O3/c1-14(25-17-11-6-5-7-12-17)18(23)21-16-10-8-9-15(13-16)19(24)22-20(2,3)4/h5-14H,1-4H3,(H,21,23)(H,22,24). The first kappa shape index (κ1) is 18.5. The molecule has 0 saturated carbocycles. The molecular weight excluding hydrogens is 316 g/mol. The molecule has 0 aromatic heterocycles. The number of ether oxygens (including phenoxy) is 1. The largest absolute Gasteiger partial charge is 0.481 e. The van der Waals surface area contributed by atoms with Crippen LogP contribution >= 0.6 is 0 Å². The van der Waals surface area contributed by atoms with Crippen molar-refractivity contribution in [3.05, 3.63) is 60.2 Å². The fourth-order valence-corrected chi connectivity index (χ4v) is 2.15. The van der Waals surface area contributed by atoms with Gasteiger partial charge in [-0.2, -0.15) is 0 Å². The molecule has 2 amide bonds. The maximum atomic E-state index is 12.3. The third-order valence-electron chi connectivity index (χ3n) is 3.31. The Balaban J connectivity index is 2.01. The second-order valence-corrected chi connectivity index (χ2v) is 6.85. The average Bonchev–Trinajstić information content (AvgIpc) is 2.54. The van der Waals surface area contributed by atoms with Crippen molar-refractivity contribution in [3.8, 4) is 5.75 Å². The van der Waals surface area contributed by atoms with Crippen LogP contribution in [0.2, 0.25) is 0 Å². The quantitative estimate of drug-likeness (QED) is 0.873. The van der Waals surface area contributed by atoms with Gasteiger partial charge in [-0.1, -0.05) is 24.3 Å². The number of nitrogens with one attached hydrogen (secondary N) is 2. The lowest BCUT2D eigenvalue weighted by atomic mass is 10.1. The molecule has 2 aromatic carbocycles. The molecule has 5 heteroatoms. The monoisotopic (exact) mass is 340 g/mol. The van der Waals surface area contributed by atoms with Crippen LogP contribution in [0.25, 0.3) is 0 Å². The highest BCUT2D eigenvalue weighted by Gasteiger charge is 2.17. The predicted molar refractivity (Wildman–Crippen MR) is 98.8 cm³/mol. The van der Waals surface area contributed by atoms with Crippen molar-refractivity contribution in [2.45, 2.75) is 39.3 Å². The number of carbonyl (C=O) groups excluding carboxylic acids is 2. The van der Waals surface area contributed by atoms with Crippen LogP contribution in [0.3, 0.4) is 0 Å². The molecule has 2 rings (SSSR count). The zero-order valence-corrected chi connectivity index (χ0v) is 15.0. The lowest BCUT2D eigenvalue weighted by Crippen LogP contribution is -2.40. The number of rotatable bonds is 5. The molecule has 0 radical (unpaired) electrons. The number of carbonyl (C=O) groups is 2. The van der Waals surface area contributed by atoms with E-state index in [1.807, 2.05) is 39.0 Å². The lowest BCUT2D eigenvalue weighted by molar-refractivity contribution is -0.122. The minimum atomic E-state index is -0.658. The van der Waals surface area contributed by atoms with Crippen LogP contribution in [-0.4, -0.2) is 23.5 Å². The smallest absolute Gasteiger partial charge is 0.265 e. The molecule has 1 unspecified atom stereocenters. The Morgan fingerprint density at radius 2 is 1.68 bits per heavy atom. The molecule has 0 fully saturated rings. The van der Waals surface area contributed by atoms with E-state index in [9.17, 15) is 9.59 Å². The van der Waals surface area contributed by atoms with E-state index in [4.69, 9.17) is 4.74 Å². The van der Waals surface area contributed by atoms with Crippen LogP contribution in [0.4, 0.5) is 5.69 Å². The molecule has 0 heterocycles. The van der Waals surface area contributed by atoms with E-state index in [-0.39, 0.29) is 17.4 Å². The lowest BCUT2D eigenvalue weighted by Gasteiger charge is -2.20. The molecule has 5 nitrogen and oxygen atoms in total. The van der Waals surface area contributed by atoms with Gasteiger partial charge in [0.1, 0.15) is 5.75 Å². The summed E-state index contributed by atoms with van der Waals surface area (Å²) in [5.41, 5.74) is 0.716. The van der Waals surface area contributed by atoms with Gasteiger partial charge in [-0.15, -0.1) is 0 Å². The van der Waals surface area contributed by atoms with E-state index in [0.29, 0.717) is 17.0 Å². The molecule has 0 saturated heterocycles. The highest BCUT2D eigenvalue weighted by molar-refractivity contribution is 5.98. The summed E-state index contributed by atoms with van der Waals surface area (Å²) in [6.45, 7) is 7.43.